The highest BCUT2D eigenvalue weighted by atomic mass is 32.1. The number of rotatable bonds is 6. The predicted octanol–water partition coefficient (Wildman–Crippen LogP) is 4.12. The predicted molar refractivity (Wildman–Crippen MR) is 127 cm³/mol. The minimum absolute atomic E-state index is 0.0461. The van der Waals surface area contributed by atoms with Gasteiger partial charge in [-0.05, 0) is 37.1 Å². The standard InChI is InChI=1S/C25H26N4O2S/c30-23(18-6-7-18)26-21-10-8-20(9-11-21)25(31)29-14-12-28(13-15-29)16-22-17-32-24(27-22)19-4-2-1-3-5-19/h1-5,8-11,17-18H,6-7,12-16H2,(H,26,30). The molecule has 0 unspecified atom stereocenters. The third kappa shape index (κ3) is 4.89. The molecule has 2 heterocycles. The van der Waals surface area contributed by atoms with E-state index in [9.17, 15) is 9.59 Å². The van der Waals surface area contributed by atoms with Crippen molar-refractivity contribution < 1.29 is 9.59 Å². The second-order valence-corrected chi connectivity index (χ2v) is 9.28. The second kappa shape index (κ2) is 9.22. The van der Waals surface area contributed by atoms with Gasteiger partial charge in [-0.25, -0.2) is 4.98 Å². The van der Waals surface area contributed by atoms with Crippen molar-refractivity contribution in [2.24, 2.45) is 5.92 Å². The topological polar surface area (TPSA) is 65.5 Å². The van der Waals surface area contributed by atoms with E-state index in [1.165, 1.54) is 0 Å². The number of anilines is 1. The van der Waals surface area contributed by atoms with Gasteiger partial charge in [0.25, 0.3) is 5.91 Å². The molecule has 2 amide bonds. The van der Waals surface area contributed by atoms with Crippen molar-refractivity contribution in [3.05, 3.63) is 71.2 Å². The van der Waals surface area contributed by atoms with Crippen LogP contribution in [0.3, 0.4) is 0 Å². The quantitative estimate of drug-likeness (QED) is 0.619. The lowest BCUT2D eigenvalue weighted by molar-refractivity contribution is -0.117. The van der Waals surface area contributed by atoms with E-state index in [2.05, 4.69) is 27.7 Å². The summed E-state index contributed by atoms with van der Waals surface area (Å²) in [4.78, 5) is 33.8. The molecule has 164 valence electrons. The Labute approximate surface area is 191 Å². The number of benzene rings is 2. The molecular weight excluding hydrogens is 420 g/mol. The number of amides is 2. The summed E-state index contributed by atoms with van der Waals surface area (Å²) in [7, 11) is 0. The van der Waals surface area contributed by atoms with Crippen molar-refractivity contribution in [1.29, 1.82) is 0 Å². The van der Waals surface area contributed by atoms with Crippen LogP contribution in [0.2, 0.25) is 0 Å². The van der Waals surface area contributed by atoms with Crippen LogP contribution in [0, 0.1) is 5.92 Å². The zero-order valence-corrected chi connectivity index (χ0v) is 18.7. The first-order valence-corrected chi connectivity index (χ1v) is 12.0. The summed E-state index contributed by atoms with van der Waals surface area (Å²) in [5.41, 5.74) is 3.64. The monoisotopic (exact) mass is 446 g/mol. The first kappa shape index (κ1) is 20.8. The fraction of sp³-hybridized carbons (Fsp3) is 0.320. The number of hydrogen-bond acceptors (Lipinski definition) is 5. The van der Waals surface area contributed by atoms with Gasteiger partial charge in [0.2, 0.25) is 5.91 Å². The third-order valence-electron chi connectivity index (χ3n) is 5.97. The van der Waals surface area contributed by atoms with Crippen molar-refractivity contribution >= 4 is 28.8 Å². The SMILES string of the molecule is O=C(Nc1ccc(C(=O)N2CCN(Cc3csc(-c4ccccc4)n3)CC2)cc1)C1CC1. The molecule has 0 bridgehead atoms. The number of carbonyl (C=O) groups is 2. The third-order valence-corrected chi connectivity index (χ3v) is 6.91. The van der Waals surface area contributed by atoms with Crippen LogP contribution < -0.4 is 5.32 Å². The van der Waals surface area contributed by atoms with Crippen molar-refractivity contribution in [2.75, 3.05) is 31.5 Å². The fourth-order valence-electron chi connectivity index (χ4n) is 3.90. The van der Waals surface area contributed by atoms with E-state index in [0.717, 1.165) is 54.4 Å². The highest BCUT2D eigenvalue weighted by molar-refractivity contribution is 7.13. The minimum atomic E-state index is 0.0461. The van der Waals surface area contributed by atoms with Crippen LogP contribution in [0.15, 0.2) is 60.0 Å². The average molecular weight is 447 g/mol. The number of nitrogens with one attached hydrogen (secondary N) is 1. The molecule has 2 aromatic carbocycles. The summed E-state index contributed by atoms with van der Waals surface area (Å²) >= 11 is 1.68. The Kier molecular flexibility index (Phi) is 6.01. The number of nitrogens with zero attached hydrogens (tertiary/aromatic N) is 3. The summed E-state index contributed by atoms with van der Waals surface area (Å²) in [6, 6.07) is 17.5. The van der Waals surface area contributed by atoms with Crippen LogP contribution in [-0.4, -0.2) is 52.8 Å². The van der Waals surface area contributed by atoms with Crippen LogP contribution in [0.4, 0.5) is 5.69 Å². The van der Waals surface area contributed by atoms with Gasteiger partial charge in [0.15, 0.2) is 0 Å². The van der Waals surface area contributed by atoms with Crippen LogP contribution >= 0.6 is 11.3 Å². The zero-order valence-electron chi connectivity index (χ0n) is 17.9. The molecule has 0 radical (unpaired) electrons. The average Bonchev–Trinajstić information content (AvgIpc) is 3.59. The van der Waals surface area contributed by atoms with Gasteiger partial charge in [-0.3, -0.25) is 14.5 Å². The normalized spacial score (nSPS) is 16.7. The molecule has 2 fully saturated rings. The molecule has 1 N–H and O–H groups in total. The molecule has 5 rings (SSSR count). The Morgan fingerprint density at radius 3 is 2.38 bits per heavy atom. The Hall–Kier alpha value is -3.03. The summed E-state index contributed by atoms with van der Waals surface area (Å²) in [6.45, 7) is 3.88. The number of thiazole rings is 1. The number of aromatic nitrogens is 1. The minimum Gasteiger partial charge on any atom is -0.336 e. The van der Waals surface area contributed by atoms with E-state index in [1.54, 1.807) is 23.5 Å². The Balaban J connectivity index is 1.12. The molecule has 1 saturated heterocycles. The van der Waals surface area contributed by atoms with Crippen LogP contribution in [0.1, 0.15) is 28.9 Å². The van der Waals surface area contributed by atoms with Crippen molar-refractivity contribution in [3.8, 4) is 10.6 Å². The van der Waals surface area contributed by atoms with E-state index >= 15 is 0 Å². The van der Waals surface area contributed by atoms with Gasteiger partial charge in [-0.15, -0.1) is 11.3 Å². The Morgan fingerprint density at radius 2 is 1.69 bits per heavy atom. The van der Waals surface area contributed by atoms with Gasteiger partial charge in [0, 0.05) is 60.8 Å². The van der Waals surface area contributed by atoms with Gasteiger partial charge >= 0.3 is 0 Å². The Bertz CT molecular complexity index is 1080. The van der Waals surface area contributed by atoms with Crippen molar-refractivity contribution in [1.82, 2.24) is 14.8 Å². The van der Waals surface area contributed by atoms with Gasteiger partial charge < -0.3 is 10.2 Å². The molecule has 1 aromatic heterocycles. The number of carbonyl (C=O) groups excluding carboxylic acids is 2. The maximum absolute atomic E-state index is 12.9. The summed E-state index contributed by atoms with van der Waals surface area (Å²) < 4.78 is 0. The molecule has 1 aliphatic carbocycles. The Morgan fingerprint density at radius 1 is 0.969 bits per heavy atom. The molecule has 1 saturated carbocycles. The van der Waals surface area contributed by atoms with E-state index in [0.29, 0.717) is 18.7 Å². The highest BCUT2D eigenvalue weighted by Gasteiger charge is 2.29. The molecular formula is C25H26N4O2S. The smallest absolute Gasteiger partial charge is 0.253 e. The van der Waals surface area contributed by atoms with E-state index < -0.39 is 0 Å². The molecule has 0 spiro atoms. The number of hydrogen-bond donors (Lipinski definition) is 1. The molecule has 6 nitrogen and oxygen atoms in total. The second-order valence-electron chi connectivity index (χ2n) is 8.42. The van der Waals surface area contributed by atoms with Crippen molar-refractivity contribution in [2.45, 2.75) is 19.4 Å². The lowest BCUT2D eigenvalue weighted by Crippen LogP contribution is -2.48. The fourth-order valence-corrected chi connectivity index (χ4v) is 4.72. The molecule has 1 aliphatic heterocycles. The van der Waals surface area contributed by atoms with E-state index in [1.807, 2.05) is 35.2 Å². The van der Waals surface area contributed by atoms with Crippen LogP contribution in [-0.2, 0) is 11.3 Å². The molecule has 3 aromatic rings. The molecule has 7 heteroatoms. The lowest BCUT2D eigenvalue weighted by atomic mass is 10.1. The molecule has 32 heavy (non-hydrogen) atoms. The van der Waals surface area contributed by atoms with Crippen molar-refractivity contribution in [3.63, 3.8) is 0 Å². The maximum Gasteiger partial charge on any atom is 0.253 e. The first-order chi connectivity index (χ1) is 15.7. The lowest BCUT2D eigenvalue weighted by Gasteiger charge is -2.34. The highest BCUT2D eigenvalue weighted by Crippen LogP contribution is 2.30. The van der Waals surface area contributed by atoms with Crippen LogP contribution in [0.25, 0.3) is 10.6 Å². The summed E-state index contributed by atoms with van der Waals surface area (Å²) in [6.07, 6.45) is 1.95. The van der Waals surface area contributed by atoms with E-state index in [4.69, 9.17) is 4.98 Å². The molecule has 0 atom stereocenters. The summed E-state index contributed by atoms with van der Waals surface area (Å²) in [5, 5.41) is 6.09. The van der Waals surface area contributed by atoms with Crippen LogP contribution in [0.5, 0.6) is 0 Å². The van der Waals surface area contributed by atoms with Gasteiger partial charge in [0.1, 0.15) is 5.01 Å². The van der Waals surface area contributed by atoms with Gasteiger partial charge in [0.05, 0.1) is 5.69 Å². The summed E-state index contributed by atoms with van der Waals surface area (Å²) in [5.74, 6) is 0.294. The van der Waals surface area contributed by atoms with E-state index in [-0.39, 0.29) is 17.7 Å². The maximum atomic E-state index is 12.9. The zero-order chi connectivity index (χ0) is 21.9. The first-order valence-electron chi connectivity index (χ1n) is 11.1. The van der Waals surface area contributed by atoms with Gasteiger partial charge in [-0.2, -0.15) is 0 Å². The largest absolute Gasteiger partial charge is 0.336 e. The van der Waals surface area contributed by atoms with Gasteiger partial charge in [-0.1, -0.05) is 30.3 Å². The number of piperazine rings is 1. The molecule has 2 aliphatic rings.